The normalized spacial score (nSPS) is 9.30. The van der Waals surface area contributed by atoms with Gasteiger partial charge in [-0.2, -0.15) is 12.6 Å². The molecule has 1 heterocycles. The van der Waals surface area contributed by atoms with Gasteiger partial charge in [-0.15, -0.1) is 0 Å². The lowest BCUT2D eigenvalue weighted by molar-refractivity contribution is 0.101. The maximum atomic E-state index is 10.8. The van der Waals surface area contributed by atoms with Gasteiger partial charge in [0.05, 0.1) is 11.9 Å². The summed E-state index contributed by atoms with van der Waals surface area (Å²) in [5.74, 6) is 0.0787. The van der Waals surface area contributed by atoms with Crippen LogP contribution in [0.4, 0.5) is 0 Å². The molecule has 0 aromatic carbocycles. The van der Waals surface area contributed by atoms with Gasteiger partial charge in [0.1, 0.15) is 5.69 Å². The third-order valence-electron chi connectivity index (χ3n) is 0.992. The molecular formula is C6H6N2OS. The zero-order valence-corrected chi connectivity index (χ0v) is 6.08. The zero-order valence-electron chi connectivity index (χ0n) is 5.19. The zero-order chi connectivity index (χ0) is 7.40. The minimum atomic E-state index is -0.101. The van der Waals surface area contributed by atoms with E-state index >= 15 is 0 Å². The first-order valence-corrected chi connectivity index (χ1v) is 3.38. The molecule has 52 valence electrons. The van der Waals surface area contributed by atoms with Gasteiger partial charge in [0.2, 0.25) is 0 Å². The molecule has 3 nitrogen and oxygen atoms in total. The molecule has 0 saturated carbocycles. The summed E-state index contributed by atoms with van der Waals surface area (Å²) in [6, 6.07) is 0. The van der Waals surface area contributed by atoms with E-state index in [1.54, 1.807) is 0 Å². The highest BCUT2D eigenvalue weighted by Gasteiger charge is 2.02. The number of aromatic nitrogens is 2. The molecule has 0 aliphatic rings. The number of rotatable bonds is 2. The topological polar surface area (TPSA) is 42.9 Å². The van der Waals surface area contributed by atoms with Gasteiger partial charge in [-0.3, -0.25) is 9.78 Å². The second-order valence-corrected chi connectivity index (χ2v) is 1.99. The van der Waals surface area contributed by atoms with Crippen molar-refractivity contribution < 1.29 is 4.79 Å². The molecule has 1 aromatic heterocycles. The van der Waals surface area contributed by atoms with E-state index in [1.165, 1.54) is 18.6 Å². The van der Waals surface area contributed by atoms with Crippen molar-refractivity contribution in [2.75, 3.05) is 5.75 Å². The van der Waals surface area contributed by atoms with Gasteiger partial charge in [0.15, 0.2) is 5.78 Å². The highest BCUT2D eigenvalue weighted by Crippen LogP contribution is 1.92. The lowest BCUT2D eigenvalue weighted by Crippen LogP contribution is -2.02. The first kappa shape index (κ1) is 7.21. The van der Waals surface area contributed by atoms with Crippen molar-refractivity contribution in [3.63, 3.8) is 0 Å². The number of thiol groups is 1. The van der Waals surface area contributed by atoms with Crippen LogP contribution in [0.15, 0.2) is 18.6 Å². The van der Waals surface area contributed by atoms with Gasteiger partial charge < -0.3 is 0 Å². The van der Waals surface area contributed by atoms with Gasteiger partial charge in [-0.05, 0) is 0 Å². The van der Waals surface area contributed by atoms with Crippen LogP contribution in [-0.4, -0.2) is 21.5 Å². The van der Waals surface area contributed by atoms with Crippen molar-refractivity contribution in [1.82, 2.24) is 9.97 Å². The summed E-state index contributed by atoms with van der Waals surface area (Å²) in [7, 11) is 0. The summed E-state index contributed by atoms with van der Waals surface area (Å²) in [6.45, 7) is 0. The van der Waals surface area contributed by atoms with E-state index in [9.17, 15) is 4.79 Å². The fourth-order valence-corrected chi connectivity index (χ4v) is 0.686. The highest BCUT2D eigenvalue weighted by atomic mass is 32.1. The van der Waals surface area contributed by atoms with E-state index in [4.69, 9.17) is 0 Å². The minimum absolute atomic E-state index is 0.101. The van der Waals surface area contributed by atoms with Crippen molar-refractivity contribution in [3.8, 4) is 0 Å². The Morgan fingerprint density at radius 2 is 2.40 bits per heavy atom. The summed E-state index contributed by atoms with van der Waals surface area (Å²) in [5.41, 5.74) is 0.373. The summed E-state index contributed by atoms with van der Waals surface area (Å²) in [4.78, 5) is 18.4. The quantitative estimate of drug-likeness (QED) is 0.500. The van der Waals surface area contributed by atoms with E-state index in [2.05, 4.69) is 22.6 Å². The Morgan fingerprint density at radius 1 is 1.60 bits per heavy atom. The van der Waals surface area contributed by atoms with E-state index in [0.29, 0.717) is 5.69 Å². The molecule has 10 heavy (non-hydrogen) atoms. The number of nitrogens with zero attached hydrogens (tertiary/aromatic N) is 2. The molecule has 1 aromatic rings. The standard InChI is InChI=1S/C6H6N2OS/c9-6(4-10)5-3-7-1-2-8-5/h1-3,10H,4H2. The smallest absolute Gasteiger partial charge is 0.192 e. The fraction of sp³-hybridized carbons (Fsp3) is 0.167. The largest absolute Gasteiger partial charge is 0.291 e. The molecule has 0 N–H and O–H groups in total. The van der Waals surface area contributed by atoms with Crippen molar-refractivity contribution in [2.24, 2.45) is 0 Å². The maximum absolute atomic E-state index is 10.8. The molecule has 0 radical (unpaired) electrons. The van der Waals surface area contributed by atoms with Gasteiger partial charge in [-0.25, -0.2) is 4.98 Å². The number of hydrogen-bond donors (Lipinski definition) is 1. The molecule has 0 saturated heterocycles. The van der Waals surface area contributed by atoms with Gasteiger partial charge in [-0.1, -0.05) is 0 Å². The van der Waals surface area contributed by atoms with Gasteiger partial charge in [0.25, 0.3) is 0 Å². The average Bonchev–Trinajstić information content (AvgIpc) is 2.05. The Hall–Kier alpha value is -0.900. The Labute approximate surface area is 63.9 Å². The summed E-state index contributed by atoms with van der Waals surface area (Å²) >= 11 is 3.81. The fourth-order valence-electron chi connectivity index (χ4n) is 0.524. The molecule has 0 spiro atoms. The molecule has 0 bridgehead atoms. The minimum Gasteiger partial charge on any atom is -0.291 e. The first-order valence-electron chi connectivity index (χ1n) is 2.74. The summed E-state index contributed by atoms with van der Waals surface area (Å²) < 4.78 is 0. The summed E-state index contributed by atoms with van der Waals surface area (Å²) in [6.07, 6.45) is 4.44. The number of hydrogen-bond acceptors (Lipinski definition) is 4. The van der Waals surface area contributed by atoms with Gasteiger partial charge in [0, 0.05) is 12.4 Å². The highest BCUT2D eigenvalue weighted by molar-refractivity contribution is 7.81. The Bertz CT molecular complexity index is 224. The van der Waals surface area contributed by atoms with Gasteiger partial charge >= 0.3 is 0 Å². The molecule has 1 rings (SSSR count). The van der Waals surface area contributed by atoms with Crippen LogP contribution in [0.2, 0.25) is 0 Å². The molecule has 0 unspecified atom stereocenters. The molecule has 4 heteroatoms. The number of carbonyl (C=O) groups excluding carboxylic acids is 1. The molecule has 0 amide bonds. The Balaban J connectivity index is 2.85. The van der Waals surface area contributed by atoms with Crippen molar-refractivity contribution in [3.05, 3.63) is 24.3 Å². The Morgan fingerprint density at radius 3 is 2.90 bits per heavy atom. The molecule has 0 aliphatic heterocycles. The van der Waals surface area contributed by atoms with Crippen molar-refractivity contribution in [1.29, 1.82) is 0 Å². The van der Waals surface area contributed by atoms with Crippen LogP contribution in [0, 0.1) is 0 Å². The van der Waals surface area contributed by atoms with Crippen LogP contribution in [0.1, 0.15) is 10.5 Å². The monoisotopic (exact) mass is 154 g/mol. The Kier molecular flexibility index (Phi) is 2.39. The lowest BCUT2D eigenvalue weighted by Gasteiger charge is -1.91. The predicted octanol–water partition coefficient (Wildman–Crippen LogP) is 0.589. The number of ketones is 1. The number of Topliss-reactive ketones (excluding diaryl/α,β-unsaturated/α-hetero) is 1. The number of carbonyl (C=O) groups is 1. The van der Waals surface area contributed by atoms with Crippen LogP contribution in [0.5, 0.6) is 0 Å². The average molecular weight is 154 g/mol. The SMILES string of the molecule is O=C(CS)c1cnccn1. The van der Waals surface area contributed by atoms with E-state index < -0.39 is 0 Å². The lowest BCUT2D eigenvalue weighted by atomic mass is 10.3. The van der Waals surface area contributed by atoms with E-state index in [1.807, 2.05) is 0 Å². The van der Waals surface area contributed by atoms with Crippen LogP contribution in [-0.2, 0) is 0 Å². The third-order valence-corrected chi connectivity index (χ3v) is 1.28. The van der Waals surface area contributed by atoms with E-state index in [-0.39, 0.29) is 11.5 Å². The van der Waals surface area contributed by atoms with Crippen LogP contribution in [0.25, 0.3) is 0 Å². The van der Waals surface area contributed by atoms with Crippen molar-refractivity contribution >= 4 is 18.4 Å². The van der Waals surface area contributed by atoms with E-state index in [0.717, 1.165) is 0 Å². The molecule has 0 atom stereocenters. The molecular weight excluding hydrogens is 148 g/mol. The second kappa shape index (κ2) is 3.31. The predicted molar refractivity (Wildman–Crippen MR) is 40.2 cm³/mol. The molecule has 0 fully saturated rings. The van der Waals surface area contributed by atoms with Crippen molar-refractivity contribution in [2.45, 2.75) is 0 Å². The molecule has 0 aliphatic carbocycles. The first-order chi connectivity index (χ1) is 4.84. The van der Waals surface area contributed by atoms with Crippen LogP contribution >= 0.6 is 12.6 Å². The summed E-state index contributed by atoms with van der Waals surface area (Å²) in [5, 5.41) is 0. The van der Waals surface area contributed by atoms with Crippen LogP contribution < -0.4 is 0 Å². The van der Waals surface area contributed by atoms with Crippen LogP contribution in [0.3, 0.4) is 0 Å². The maximum Gasteiger partial charge on any atom is 0.192 e. The second-order valence-electron chi connectivity index (χ2n) is 1.67. The third kappa shape index (κ3) is 1.54.